The molecule has 0 aliphatic carbocycles. The highest BCUT2D eigenvalue weighted by molar-refractivity contribution is 5.83. The number of hydrogen-bond donors (Lipinski definition) is 3. The number of nitrogens with zero attached hydrogens (tertiary/aromatic N) is 1. The first-order valence-corrected chi connectivity index (χ1v) is 6.64. The highest BCUT2D eigenvalue weighted by atomic mass is 16.4. The van der Waals surface area contributed by atoms with E-state index in [4.69, 9.17) is 5.11 Å². The molecule has 1 amide bonds. The Morgan fingerprint density at radius 1 is 1.32 bits per heavy atom. The first-order chi connectivity index (χ1) is 10.4. The van der Waals surface area contributed by atoms with Gasteiger partial charge in [0.1, 0.15) is 6.04 Å². The van der Waals surface area contributed by atoms with Crippen molar-refractivity contribution >= 4 is 22.8 Å². The van der Waals surface area contributed by atoms with Crippen molar-refractivity contribution in [1.82, 2.24) is 14.9 Å². The van der Waals surface area contributed by atoms with Gasteiger partial charge in [-0.25, -0.2) is 4.79 Å². The number of carboxylic acid groups (broad SMARTS) is 1. The van der Waals surface area contributed by atoms with Gasteiger partial charge in [0.05, 0.1) is 10.9 Å². The summed E-state index contributed by atoms with van der Waals surface area (Å²) in [5.74, 6) is -1.63. The van der Waals surface area contributed by atoms with E-state index >= 15 is 0 Å². The molecule has 0 radical (unpaired) electrons. The van der Waals surface area contributed by atoms with Crippen LogP contribution in [0.1, 0.15) is 13.3 Å². The van der Waals surface area contributed by atoms with E-state index < -0.39 is 29.2 Å². The maximum atomic E-state index is 11.9. The van der Waals surface area contributed by atoms with Gasteiger partial charge in [-0.05, 0) is 19.1 Å². The van der Waals surface area contributed by atoms with Crippen LogP contribution in [0.5, 0.6) is 0 Å². The minimum absolute atomic E-state index is 0.0360. The van der Waals surface area contributed by atoms with Crippen LogP contribution in [0.2, 0.25) is 0 Å². The van der Waals surface area contributed by atoms with Gasteiger partial charge in [-0.3, -0.25) is 23.9 Å². The molecule has 3 N–H and O–H groups in total. The topological polar surface area (TPSA) is 121 Å². The van der Waals surface area contributed by atoms with Gasteiger partial charge in [0, 0.05) is 13.0 Å². The monoisotopic (exact) mass is 305 g/mol. The summed E-state index contributed by atoms with van der Waals surface area (Å²) in [4.78, 5) is 48.1. The van der Waals surface area contributed by atoms with E-state index in [1.807, 2.05) is 0 Å². The Morgan fingerprint density at radius 2 is 2.00 bits per heavy atom. The van der Waals surface area contributed by atoms with E-state index in [-0.39, 0.29) is 13.0 Å². The van der Waals surface area contributed by atoms with Crippen LogP contribution >= 0.6 is 0 Å². The van der Waals surface area contributed by atoms with E-state index in [9.17, 15) is 19.2 Å². The van der Waals surface area contributed by atoms with Crippen molar-refractivity contribution < 1.29 is 14.7 Å². The standard InChI is InChI=1S/C14H15N3O5/c1-8(13(20)21)15-11(18)6-7-17-10-5-3-2-4-9(10)12(19)16-14(17)22/h2-5,8H,6-7H2,1H3,(H,15,18)(H,20,21)(H,16,19,22)/t8-/m0/s1. The van der Waals surface area contributed by atoms with E-state index in [2.05, 4.69) is 10.3 Å². The molecule has 2 rings (SSSR count). The first kappa shape index (κ1) is 15.5. The molecule has 116 valence electrons. The van der Waals surface area contributed by atoms with Crippen LogP contribution in [-0.2, 0) is 16.1 Å². The Kier molecular flexibility index (Phi) is 4.40. The molecule has 22 heavy (non-hydrogen) atoms. The zero-order valence-corrected chi connectivity index (χ0v) is 11.8. The van der Waals surface area contributed by atoms with Crippen molar-refractivity contribution in [3.8, 4) is 0 Å². The van der Waals surface area contributed by atoms with E-state index in [1.54, 1.807) is 24.3 Å². The Hall–Kier alpha value is -2.90. The minimum Gasteiger partial charge on any atom is -0.480 e. The second kappa shape index (κ2) is 6.25. The van der Waals surface area contributed by atoms with Crippen molar-refractivity contribution in [2.24, 2.45) is 0 Å². The molecule has 0 bridgehead atoms. The molecule has 0 spiro atoms. The summed E-state index contributed by atoms with van der Waals surface area (Å²) in [6.07, 6.45) is -0.0758. The van der Waals surface area contributed by atoms with Gasteiger partial charge in [0.25, 0.3) is 5.56 Å². The Labute approximate surface area is 124 Å². The lowest BCUT2D eigenvalue weighted by Crippen LogP contribution is -2.39. The van der Waals surface area contributed by atoms with Gasteiger partial charge < -0.3 is 10.4 Å². The van der Waals surface area contributed by atoms with E-state index in [1.165, 1.54) is 11.5 Å². The molecule has 0 aliphatic rings. The largest absolute Gasteiger partial charge is 0.480 e. The zero-order valence-electron chi connectivity index (χ0n) is 11.8. The highest BCUT2D eigenvalue weighted by Gasteiger charge is 2.14. The third-order valence-corrected chi connectivity index (χ3v) is 3.22. The van der Waals surface area contributed by atoms with Crippen molar-refractivity contribution in [2.45, 2.75) is 25.9 Å². The molecule has 0 saturated heterocycles. The van der Waals surface area contributed by atoms with Crippen LogP contribution in [0.25, 0.3) is 10.9 Å². The Balaban J connectivity index is 2.22. The summed E-state index contributed by atoms with van der Waals surface area (Å²) in [6.45, 7) is 1.39. The van der Waals surface area contributed by atoms with Crippen LogP contribution < -0.4 is 16.6 Å². The number of carbonyl (C=O) groups is 2. The number of rotatable bonds is 5. The lowest BCUT2D eigenvalue weighted by atomic mass is 10.2. The summed E-state index contributed by atoms with van der Waals surface area (Å²) >= 11 is 0. The molecule has 8 heteroatoms. The summed E-state index contributed by atoms with van der Waals surface area (Å²) in [7, 11) is 0. The maximum absolute atomic E-state index is 11.9. The number of carbonyl (C=O) groups excluding carboxylic acids is 1. The molecule has 1 atom stereocenters. The zero-order chi connectivity index (χ0) is 16.3. The van der Waals surface area contributed by atoms with E-state index in [0.717, 1.165) is 0 Å². The molecule has 8 nitrogen and oxygen atoms in total. The molecule has 1 aromatic carbocycles. The van der Waals surface area contributed by atoms with Crippen LogP contribution in [0.15, 0.2) is 33.9 Å². The Morgan fingerprint density at radius 3 is 2.68 bits per heavy atom. The lowest BCUT2D eigenvalue weighted by Gasteiger charge is -2.11. The molecule has 1 heterocycles. The number of fused-ring (bicyclic) bond motifs is 1. The van der Waals surface area contributed by atoms with Gasteiger partial charge in [-0.2, -0.15) is 0 Å². The number of hydrogen-bond acceptors (Lipinski definition) is 4. The number of nitrogens with one attached hydrogen (secondary N) is 2. The maximum Gasteiger partial charge on any atom is 0.328 e. The molecule has 2 aromatic rings. The molecular weight excluding hydrogens is 290 g/mol. The fourth-order valence-corrected chi connectivity index (χ4v) is 2.05. The van der Waals surface area contributed by atoms with Gasteiger partial charge in [0.15, 0.2) is 0 Å². The number of aromatic amines is 1. The van der Waals surface area contributed by atoms with Crippen molar-refractivity contribution in [3.63, 3.8) is 0 Å². The predicted octanol–water partition coefficient (Wildman–Crippen LogP) is -0.331. The van der Waals surface area contributed by atoms with Crippen molar-refractivity contribution in [3.05, 3.63) is 45.1 Å². The Bertz CT molecular complexity index is 836. The summed E-state index contributed by atoms with van der Waals surface area (Å²) in [6, 6.07) is 5.55. The predicted molar refractivity (Wildman–Crippen MR) is 78.7 cm³/mol. The van der Waals surface area contributed by atoms with Crippen LogP contribution in [-0.4, -0.2) is 32.6 Å². The third-order valence-electron chi connectivity index (χ3n) is 3.22. The number of para-hydroxylation sites is 1. The van der Waals surface area contributed by atoms with Gasteiger partial charge in [-0.1, -0.05) is 12.1 Å². The van der Waals surface area contributed by atoms with Gasteiger partial charge >= 0.3 is 11.7 Å². The normalized spacial score (nSPS) is 12.0. The SMILES string of the molecule is C[C@H](NC(=O)CCn1c(=O)[nH]c(=O)c2ccccc21)C(=O)O. The smallest absolute Gasteiger partial charge is 0.328 e. The van der Waals surface area contributed by atoms with Gasteiger partial charge in [0.2, 0.25) is 5.91 Å². The number of H-pyrrole nitrogens is 1. The van der Waals surface area contributed by atoms with Crippen LogP contribution in [0.3, 0.4) is 0 Å². The molecule has 0 fully saturated rings. The number of aliphatic carboxylic acids is 1. The summed E-state index contributed by atoms with van der Waals surface area (Å²) < 4.78 is 1.28. The minimum atomic E-state index is -1.14. The van der Waals surface area contributed by atoms with E-state index in [0.29, 0.717) is 10.9 Å². The second-order valence-corrected chi connectivity index (χ2v) is 4.81. The number of carboxylic acids is 1. The van der Waals surface area contributed by atoms with Crippen LogP contribution in [0.4, 0.5) is 0 Å². The fraction of sp³-hybridized carbons (Fsp3) is 0.286. The molecule has 0 aliphatic heterocycles. The second-order valence-electron chi connectivity index (χ2n) is 4.81. The highest BCUT2D eigenvalue weighted by Crippen LogP contribution is 2.07. The fourth-order valence-electron chi connectivity index (χ4n) is 2.05. The molecule has 0 unspecified atom stereocenters. The van der Waals surface area contributed by atoms with Gasteiger partial charge in [-0.15, -0.1) is 0 Å². The van der Waals surface area contributed by atoms with Crippen LogP contribution in [0, 0.1) is 0 Å². The summed E-state index contributed by atoms with van der Waals surface area (Å²) in [5.41, 5.74) is -0.668. The molecule has 1 aromatic heterocycles. The number of amides is 1. The molecular formula is C14H15N3O5. The number of aromatic nitrogens is 2. The average molecular weight is 305 g/mol. The number of benzene rings is 1. The average Bonchev–Trinajstić information content (AvgIpc) is 2.46. The summed E-state index contributed by atoms with van der Waals surface area (Å²) in [5, 5.41) is 11.4. The van der Waals surface area contributed by atoms with Crippen molar-refractivity contribution in [2.75, 3.05) is 0 Å². The third kappa shape index (κ3) is 3.22. The number of aryl methyl sites for hydroxylation is 1. The first-order valence-electron chi connectivity index (χ1n) is 6.64. The quantitative estimate of drug-likeness (QED) is 0.698. The molecule has 0 saturated carbocycles. The lowest BCUT2D eigenvalue weighted by molar-refractivity contribution is -0.141. The van der Waals surface area contributed by atoms with Crippen molar-refractivity contribution in [1.29, 1.82) is 0 Å².